The minimum absolute atomic E-state index is 0.139. The fraction of sp³-hybridized carbons (Fsp3) is 0.286. The van der Waals surface area contributed by atoms with Gasteiger partial charge in [0, 0.05) is 23.9 Å². The van der Waals surface area contributed by atoms with Crippen molar-refractivity contribution >= 4 is 40.5 Å². The molecule has 0 radical (unpaired) electrons. The first-order valence-electron chi connectivity index (χ1n) is 9.06. The SMILES string of the molecule is CC(=O)Nc1ccc(NC(=S)NC(=O)c2ccc(OCCC(C)C)cc2)cc1. The van der Waals surface area contributed by atoms with Crippen LogP contribution in [0.1, 0.15) is 37.6 Å². The number of carbonyl (C=O) groups excluding carboxylic acids is 2. The molecule has 0 aliphatic heterocycles. The third-order valence-electron chi connectivity index (χ3n) is 3.77. The second-order valence-electron chi connectivity index (χ2n) is 6.72. The highest BCUT2D eigenvalue weighted by atomic mass is 32.1. The third-order valence-corrected chi connectivity index (χ3v) is 3.97. The molecule has 0 aliphatic carbocycles. The molecule has 0 fully saturated rings. The molecule has 148 valence electrons. The summed E-state index contributed by atoms with van der Waals surface area (Å²) in [5.41, 5.74) is 1.87. The van der Waals surface area contributed by atoms with Crippen LogP contribution in [0.25, 0.3) is 0 Å². The van der Waals surface area contributed by atoms with Gasteiger partial charge in [0.05, 0.1) is 6.61 Å². The molecule has 0 spiro atoms. The maximum absolute atomic E-state index is 12.3. The summed E-state index contributed by atoms with van der Waals surface area (Å²) in [6, 6.07) is 13.9. The van der Waals surface area contributed by atoms with Crippen LogP contribution in [0.2, 0.25) is 0 Å². The molecule has 0 unspecified atom stereocenters. The summed E-state index contributed by atoms with van der Waals surface area (Å²) >= 11 is 5.19. The molecule has 0 saturated carbocycles. The van der Waals surface area contributed by atoms with Crippen molar-refractivity contribution in [2.75, 3.05) is 17.2 Å². The van der Waals surface area contributed by atoms with E-state index in [1.807, 2.05) is 0 Å². The molecule has 2 aromatic carbocycles. The van der Waals surface area contributed by atoms with Crippen LogP contribution in [0.15, 0.2) is 48.5 Å². The smallest absolute Gasteiger partial charge is 0.257 e. The molecule has 0 aromatic heterocycles. The molecule has 0 bridgehead atoms. The number of hydrogen-bond acceptors (Lipinski definition) is 4. The lowest BCUT2D eigenvalue weighted by molar-refractivity contribution is -0.114. The highest BCUT2D eigenvalue weighted by Crippen LogP contribution is 2.15. The van der Waals surface area contributed by atoms with Crippen LogP contribution in [0.5, 0.6) is 5.75 Å². The second-order valence-corrected chi connectivity index (χ2v) is 7.13. The number of carbonyl (C=O) groups is 2. The van der Waals surface area contributed by atoms with Crippen molar-refractivity contribution in [1.82, 2.24) is 5.32 Å². The van der Waals surface area contributed by atoms with Crippen molar-refractivity contribution in [3.8, 4) is 5.75 Å². The molecule has 2 rings (SSSR count). The Hall–Kier alpha value is -2.93. The Kier molecular flexibility index (Phi) is 7.95. The van der Waals surface area contributed by atoms with Crippen molar-refractivity contribution in [2.45, 2.75) is 27.2 Å². The quantitative estimate of drug-likeness (QED) is 0.608. The summed E-state index contributed by atoms with van der Waals surface area (Å²) in [5, 5.41) is 8.45. The standard InChI is InChI=1S/C21H25N3O3S/c1-14(2)12-13-27-19-10-4-16(5-11-19)20(26)24-21(28)23-18-8-6-17(7-9-18)22-15(3)25/h4-11,14H,12-13H2,1-3H3,(H,22,25)(H2,23,24,26,28). The highest BCUT2D eigenvalue weighted by Gasteiger charge is 2.08. The van der Waals surface area contributed by atoms with Gasteiger partial charge in [-0.1, -0.05) is 13.8 Å². The van der Waals surface area contributed by atoms with Gasteiger partial charge in [0.25, 0.3) is 5.91 Å². The minimum atomic E-state index is -0.305. The summed E-state index contributed by atoms with van der Waals surface area (Å²) < 4.78 is 5.65. The maximum Gasteiger partial charge on any atom is 0.257 e. The number of anilines is 2. The van der Waals surface area contributed by atoms with Gasteiger partial charge in [-0.2, -0.15) is 0 Å². The number of thiocarbonyl (C=S) groups is 1. The Bertz CT molecular complexity index is 818. The lowest BCUT2D eigenvalue weighted by Gasteiger charge is -2.11. The molecule has 6 nitrogen and oxygen atoms in total. The average Bonchev–Trinajstić information content (AvgIpc) is 2.63. The first-order chi connectivity index (χ1) is 13.3. The zero-order chi connectivity index (χ0) is 20.5. The maximum atomic E-state index is 12.3. The van der Waals surface area contributed by atoms with Crippen molar-refractivity contribution in [1.29, 1.82) is 0 Å². The highest BCUT2D eigenvalue weighted by molar-refractivity contribution is 7.80. The van der Waals surface area contributed by atoms with Gasteiger partial charge < -0.3 is 15.4 Å². The van der Waals surface area contributed by atoms with E-state index < -0.39 is 0 Å². The van der Waals surface area contributed by atoms with E-state index in [1.54, 1.807) is 48.5 Å². The van der Waals surface area contributed by atoms with E-state index in [1.165, 1.54) is 6.92 Å². The zero-order valence-electron chi connectivity index (χ0n) is 16.2. The first kappa shape index (κ1) is 21.4. The van der Waals surface area contributed by atoms with Crippen molar-refractivity contribution in [3.05, 3.63) is 54.1 Å². The number of rotatable bonds is 7. The molecule has 7 heteroatoms. The van der Waals surface area contributed by atoms with E-state index in [0.29, 0.717) is 29.5 Å². The van der Waals surface area contributed by atoms with E-state index in [-0.39, 0.29) is 16.9 Å². The van der Waals surface area contributed by atoms with Crippen LogP contribution < -0.4 is 20.7 Å². The molecular formula is C21H25N3O3S. The lowest BCUT2D eigenvalue weighted by Crippen LogP contribution is -2.34. The van der Waals surface area contributed by atoms with E-state index in [9.17, 15) is 9.59 Å². The molecule has 0 saturated heterocycles. The van der Waals surface area contributed by atoms with Crippen LogP contribution in [-0.4, -0.2) is 23.5 Å². The first-order valence-corrected chi connectivity index (χ1v) is 9.47. The Morgan fingerprint density at radius 1 is 0.964 bits per heavy atom. The summed E-state index contributed by atoms with van der Waals surface area (Å²) in [6.07, 6.45) is 0.980. The molecule has 2 amide bonds. The number of hydrogen-bond donors (Lipinski definition) is 3. The fourth-order valence-electron chi connectivity index (χ4n) is 2.29. The normalized spacial score (nSPS) is 10.3. The van der Waals surface area contributed by atoms with Crippen molar-refractivity contribution in [3.63, 3.8) is 0 Å². The van der Waals surface area contributed by atoms with Gasteiger partial charge in [0.2, 0.25) is 5.91 Å². The van der Waals surface area contributed by atoms with Gasteiger partial charge in [-0.15, -0.1) is 0 Å². The largest absolute Gasteiger partial charge is 0.494 e. The monoisotopic (exact) mass is 399 g/mol. The van der Waals surface area contributed by atoms with Crippen LogP contribution in [-0.2, 0) is 4.79 Å². The van der Waals surface area contributed by atoms with Gasteiger partial charge in [0.1, 0.15) is 5.75 Å². The Balaban J connectivity index is 1.84. The van der Waals surface area contributed by atoms with Crippen molar-refractivity contribution < 1.29 is 14.3 Å². The summed E-state index contributed by atoms with van der Waals surface area (Å²) in [7, 11) is 0. The lowest BCUT2D eigenvalue weighted by atomic mass is 10.1. The van der Waals surface area contributed by atoms with Crippen LogP contribution in [0.3, 0.4) is 0 Å². The molecule has 0 aliphatic rings. The van der Waals surface area contributed by atoms with Crippen molar-refractivity contribution in [2.24, 2.45) is 5.92 Å². The zero-order valence-corrected chi connectivity index (χ0v) is 17.1. The Morgan fingerprint density at radius 2 is 1.54 bits per heavy atom. The molecule has 3 N–H and O–H groups in total. The van der Waals surface area contributed by atoms with E-state index in [2.05, 4.69) is 29.8 Å². The Labute approximate surface area is 170 Å². The van der Waals surface area contributed by atoms with Crippen LogP contribution in [0.4, 0.5) is 11.4 Å². The number of ether oxygens (including phenoxy) is 1. The third kappa shape index (κ3) is 7.36. The second kappa shape index (κ2) is 10.4. The van der Waals surface area contributed by atoms with Gasteiger partial charge in [-0.25, -0.2) is 0 Å². The van der Waals surface area contributed by atoms with E-state index >= 15 is 0 Å². The number of benzene rings is 2. The molecule has 0 atom stereocenters. The molecule has 28 heavy (non-hydrogen) atoms. The fourth-order valence-corrected chi connectivity index (χ4v) is 2.50. The number of nitrogens with one attached hydrogen (secondary N) is 3. The predicted molar refractivity (Wildman–Crippen MR) is 116 cm³/mol. The topological polar surface area (TPSA) is 79.5 Å². The number of amides is 2. The van der Waals surface area contributed by atoms with Crippen LogP contribution >= 0.6 is 12.2 Å². The minimum Gasteiger partial charge on any atom is -0.494 e. The van der Waals surface area contributed by atoms with E-state index in [4.69, 9.17) is 17.0 Å². The summed E-state index contributed by atoms with van der Waals surface area (Å²) in [5.74, 6) is 0.873. The Morgan fingerprint density at radius 3 is 2.07 bits per heavy atom. The molecule has 0 heterocycles. The summed E-state index contributed by atoms with van der Waals surface area (Å²) in [6.45, 7) is 6.38. The van der Waals surface area contributed by atoms with Crippen LogP contribution in [0, 0.1) is 5.92 Å². The van der Waals surface area contributed by atoms with Gasteiger partial charge in [-0.05, 0) is 73.1 Å². The van der Waals surface area contributed by atoms with Gasteiger partial charge in [0.15, 0.2) is 5.11 Å². The van der Waals surface area contributed by atoms with E-state index in [0.717, 1.165) is 12.2 Å². The summed E-state index contributed by atoms with van der Waals surface area (Å²) in [4.78, 5) is 23.3. The molecular weight excluding hydrogens is 374 g/mol. The predicted octanol–water partition coefficient (Wildman–Crippen LogP) is 4.20. The molecule has 2 aromatic rings. The van der Waals surface area contributed by atoms with Gasteiger partial charge in [-0.3, -0.25) is 14.9 Å². The van der Waals surface area contributed by atoms with Gasteiger partial charge >= 0.3 is 0 Å². The average molecular weight is 400 g/mol.